The number of carbonyl (C=O) groups excluding carboxylic acids is 2. The molecule has 2 aromatic rings. The standard InChI is InChI=1S/C27H35ClN2O3/c1-4-25(27(32)29-22-8-6-5-7-9-22)30(17-21-12-10-19(2)11-13-21)26(31)18-33-23-14-15-24(28)20(3)16-23/h10-16,22,25H,4-9,17-18H2,1-3H3,(H,29,32). The topological polar surface area (TPSA) is 58.6 Å². The predicted molar refractivity (Wildman–Crippen MR) is 133 cm³/mol. The van der Waals surface area contributed by atoms with Crippen molar-refractivity contribution < 1.29 is 14.3 Å². The number of ether oxygens (including phenoxy) is 1. The van der Waals surface area contributed by atoms with Crippen molar-refractivity contribution in [2.75, 3.05) is 6.61 Å². The second kappa shape index (κ2) is 12.1. The van der Waals surface area contributed by atoms with E-state index in [-0.39, 0.29) is 24.5 Å². The van der Waals surface area contributed by atoms with E-state index in [4.69, 9.17) is 16.3 Å². The quantitative estimate of drug-likeness (QED) is 0.519. The Kier molecular flexibility index (Phi) is 9.19. The van der Waals surface area contributed by atoms with Crippen LogP contribution < -0.4 is 10.1 Å². The molecule has 33 heavy (non-hydrogen) atoms. The monoisotopic (exact) mass is 470 g/mol. The molecular formula is C27H35ClN2O3. The second-order valence-electron chi connectivity index (χ2n) is 8.97. The Morgan fingerprint density at radius 3 is 2.42 bits per heavy atom. The summed E-state index contributed by atoms with van der Waals surface area (Å²) in [7, 11) is 0. The smallest absolute Gasteiger partial charge is 0.261 e. The minimum Gasteiger partial charge on any atom is -0.484 e. The molecule has 0 heterocycles. The first-order valence-corrected chi connectivity index (χ1v) is 12.3. The summed E-state index contributed by atoms with van der Waals surface area (Å²) in [5.74, 6) is 0.293. The summed E-state index contributed by atoms with van der Waals surface area (Å²) in [6.45, 7) is 6.09. The first-order chi connectivity index (χ1) is 15.9. The molecule has 0 aromatic heterocycles. The van der Waals surface area contributed by atoms with Crippen molar-refractivity contribution in [3.63, 3.8) is 0 Å². The van der Waals surface area contributed by atoms with Crippen LogP contribution in [-0.4, -0.2) is 35.4 Å². The molecule has 1 N–H and O–H groups in total. The lowest BCUT2D eigenvalue weighted by molar-refractivity contribution is -0.143. The first kappa shape index (κ1) is 25.1. The number of aryl methyl sites for hydroxylation is 2. The number of rotatable bonds is 9. The summed E-state index contributed by atoms with van der Waals surface area (Å²) in [4.78, 5) is 28.2. The van der Waals surface area contributed by atoms with Crippen molar-refractivity contribution in [1.29, 1.82) is 0 Å². The molecule has 1 atom stereocenters. The van der Waals surface area contributed by atoms with E-state index < -0.39 is 6.04 Å². The Morgan fingerprint density at radius 1 is 1.09 bits per heavy atom. The number of amides is 2. The zero-order chi connectivity index (χ0) is 23.8. The van der Waals surface area contributed by atoms with Gasteiger partial charge in [-0.15, -0.1) is 0 Å². The molecule has 178 valence electrons. The van der Waals surface area contributed by atoms with Gasteiger partial charge in [0.1, 0.15) is 11.8 Å². The van der Waals surface area contributed by atoms with E-state index in [0.29, 0.717) is 23.7 Å². The van der Waals surface area contributed by atoms with Crippen LogP contribution in [0.2, 0.25) is 5.02 Å². The van der Waals surface area contributed by atoms with Crippen LogP contribution in [0.15, 0.2) is 42.5 Å². The fraction of sp³-hybridized carbons (Fsp3) is 0.481. The summed E-state index contributed by atoms with van der Waals surface area (Å²) in [6.07, 6.45) is 6.06. The molecule has 1 saturated carbocycles. The molecule has 3 rings (SSSR count). The lowest BCUT2D eigenvalue weighted by Gasteiger charge is -2.32. The molecule has 0 aliphatic heterocycles. The maximum Gasteiger partial charge on any atom is 0.261 e. The van der Waals surface area contributed by atoms with Gasteiger partial charge >= 0.3 is 0 Å². The lowest BCUT2D eigenvalue weighted by Crippen LogP contribution is -2.52. The van der Waals surface area contributed by atoms with Crippen molar-refractivity contribution in [2.24, 2.45) is 0 Å². The molecule has 0 bridgehead atoms. The highest BCUT2D eigenvalue weighted by atomic mass is 35.5. The van der Waals surface area contributed by atoms with Crippen molar-refractivity contribution >= 4 is 23.4 Å². The number of nitrogens with one attached hydrogen (secondary N) is 1. The van der Waals surface area contributed by atoms with Gasteiger partial charge < -0.3 is 15.0 Å². The lowest BCUT2D eigenvalue weighted by atomic mass is 9.95. The third kappa shape index (κ3) is 7.23. The van der Waals surface area contributed by atoms with Crippen molar-refractivity contribution in [2.45, 2.75) is 77.9 Å². The van der Waals surface area contributed by atoms with Gasteiger partial charge in [-0.3, -0.25) is 9.59 Å². The number of benzene rings is 2. The van der Waals surface area contributed by atoms with Crippen LogP contribution in [0, 0.1) is 13.8 Å². The molecule has 0 saturated heterocycles. The van der Waals surface area contributed by atoms with E-state index in [1.54, 1.807) is 17.0 Å². The van der Waals surface area contributed by atoms with Crippen LogP contribution in [0.4, 0.5) is 0 Å². The third-order valence-electron chi connectivity index (χ3n) is 6.30. The molecule has 2 amide bonds. The SMILES string of the molecule is CCC(C(=O)NC1CCCCC1)N(Cc1ccc(C)cc1)C(=O)COc1ccc(Cl)c(C)c1. The Hall–Kier alpha value is -2.53. The second-order valence-corrected chi connectivity index (χ2v) is 9.38. The molecule has 1 aliphatic carbocycles. The number of nitrogens with zero attached hydrogens (tertiary/aromatic N) is 1. The molecule has 5 nitrogen and oxygen atoms in total. The zero-order valence-corrected chi connectivity index (χ0v) is 20.7. The average Bonchev–Trinajstić information content (AvgIpc) is 2.81. The highest BCUT2D eigenvalue weighted by Gasteiger charge is 2.30. The minimum atomic E-state index is -0.545. The fourth-order valence-corrected chi connectivity index (χ4v) is 4.41. The van der Waals surface area contributed by atoms with Crippen molar-refractivity contribution in [3.8, 4) is 5.75 Å². The van der Waals surface area contributed by atoms with E-state index in [0.717, 1.165) is 42.4 Å². The van der Waals surface area contributed by atoms with Gasteiger partial charge in [0.15, 0.2) is 6.61 Å². The van der Waals surface area contributed by atoms with Gasteiger partial charge in [-0.2, -0.15) is 0 Å². The normalized spacial score (nSPS) is 15.0. The summed E-state index contributed by atoms with van der Waals surface area (Å²) < 4.78 is 5.78. The van der Waals surface area contributed by atoms with Crippen LogP contribution in [0.25, 0.3) is 0 Å². The largest absolute Gasteiger partial charge is 0.484 e. The molecule has 0 radical (unpaired) electrons. The van der Waals surface area contributed by atoms with Crippen LogP contribution in [-0.2, 0) is 16.1 Å². The summed E-state index contributed by atoms with van der Waals surface area (Å²) in [5.41, 5.74) is 3.02. The number of hydrogen-bond donors (Lipinski definition) is 1. The molecule has 1 unspecified atom stereocenters. The number of hydrogen-bond acceptors (Lipinski definition) is 3. The van der Waals surface area contributed by atoms with Gasteiger partial charge in [-0.05, 0) is 62.4 Å². The van der Waals surface area contributed by atoms with Crippen molar-refractivity contribution in [1.82, 2.24) is 10.2 Å². The van der Waals surface area contributed by atoms with Gasteiger partial charge in [0.2, 0.25) is 5.91 Å². The maximum atomic E-state index is 13.3. The highest BCUT2D eigenvalue weighted by Crippen LogP contribution is 2.22. The van der Waals surface area contributed by atoms with Crippen LogP contribution >= 0.6 is 11.6 Å². The minimum absolute atomic E-state index is 0.0767. The van der Waals surface area contributed by atoms with Gasteiger partial charge in [0.05, 0.1) is 0 Å². The Bertz CT molecular complexity index is 939. The Balaban J connectivity index is 1.75. The number of halogens is 1. The van der Waals surface area contributed by atoms with Gasteiger partial charge in [0.25, 0.3) is 5.91 Å². The predicted octanol–water partition coefficient (Wildman–Crippen LogP) is 5.59. The van der Waals surface area contributed by atoms with Gasteiger partial charge in [-0.25, -0.2) is 0 Å². The van der Waals surface area contributed by atoms with Crippen LogP contribution in [0.3, 0.4) is 0 Å². The molecule has 2 aromatic carbocycles. The van der Waals surface area contributed by atoms with Crippen LogP contribution in [0.5, 0.6) is 5.75 Å². The van der Waals surface area contributed by atoms with E-state index >= 15 is 0 Å². The molecule has 1 aliphatic rings. The van der Waals surface area contributed by atoms with Crippen LogP contribution in [0.1, 0.15) is 62.1 Å². The fourth-order valence-electron chi connectivity index (χ4n) is 4.29. The summed E-state index contributed by atoms with van der Waals surface area (Å²) in [6, 6.07) is 13.0. The first-order valence-electron chi connectivity index (χ1n) is 11.9. The third-order valence-corrected chi connectivity index (χ3v) is 6.73. The van der Waals surface area contributed by atoms with Gasteiger partial charge in [-0.1, -0.05) is 67.6 Å². The zero-order valence-electron chi connectivity index (χ0n) is 19.9. The van der Waals surface area contributed by atoms with Gasteiger partial charge in [0, 0.05) is 17.6 Å². The maximum absolute atomic E-state index is 13.3. The molecule has 0 spiro atoms. The molecule has 6 heteroatoms. The van der Waals surface area contributed by atoms with E-state index in [9.17, 15) is 9.59 Å². The average molecular weight is 471 g/mol. The number of carbonyl (C=O) groups is 2. The molecular weight excluding hydrogens is 436 g/mol. The molecule has 1 fully saturated rings. The van der Waals surface area contributed by atoms with E-state index in [1.807, 2.05) is 51.1 Å². The highest BCUT2D eigenvalue weighted by molar-refractivity contribution is 6.31. The van der Waals surface area contributed by atoms with E-state index in [1.165, 1.54) is 6.42 Å². The van der Waals surface area contributed by atoms with Crippen molar-refractivity contribution in [3.05, 3.63) is 64.2 Å². The Morgan fingerprint density at radius 2 is 1.79 bits per heavy atom. The summed E-state index contributed by atoms with van der Waals surface area (Å²) in [5, 5.41) is 3.85. The Labute approximate surface area is 202 Å². The van der Waals surface area contributed by atoms with E-state index in [2.05, 4.69) is 5.32 Å². The summed E-state index contributed by atoms with van der Waals surface area (Å²) >= 11 is 6.10.